The van der Waals surface area contributed by atoms with E-state index < -0.39 is 11.9 Å². The van der Waals surface area contributed by atoms with Gasteiger partial charge < -0.3 is 19.7 Å². The van der Waals surface area contributed by atoms with Crippen molar-refractivity contribution in [2.75, 3.05) is 19.8 Å². The summed E-state index contributed by atoms with van der Waals surface area (Å²) >= 11 is 0. The Kier molecular flexibility index (Phi) is 6.24. The first-order chi connectivity index (χ1) is 6.13. The van der Waals surface area contributed by atoms with Gasteiger partial charge in [-0.2, -0.15) is 0 Å². The maximum absolute atomic E-state index is 9.41. The van der Waals surface area contributed by atoms with Gasteiger partial charge in [0.05, 0.1) is 6.61 Å². The van der Waals surface area contributed by atoms with Crippen LogP contribution in [0.4, 0.5) is 0 Å². The largest absolute Gasteiger partial charge is 0.391 e. The van der Waals surface area contributed by atoms with Gasteiger partial charge in [0.25, 0.3) is 0 Å². The van der Waals surface area contributed by atoms with Crippen LogP contribution >= 0.6 is 0 Å². The number of ether oxygens (including phenoxy) is 2. The second kappa shape index (κ2) is 6.32. The van der Waals surface area contributed by atoms with Crippen molar-refractivity contribution in [3.63, 3.8) is 0 Å². The molecule has 0 saturated carbocycles. The summed E-state index contributed by atoms with van der Waals surface area (Å²) in [7, 11) is 0. The van der Waals surface area contributed by atoms with E-state index in [1.165, 1.54) is 0 Å². The third-order valence-corrected chi connectivity index (χ3v) is 1.80. The summed E-state index contributed by atoms with van der Waals surface area (Å²) in [6.45, 7) is 5.82. The van der Waals surface area contributed by atoms with Crippen molar-refractivity contribution in [2.24, 2.45) is 0 Å². The molecule has 4 nitrogen and oxygen atoms in total. The summed E-state index contributed by atoms with van der Waals surface area (Å²) in [6.07, 6.45) is -0.0225. The molecule has 0 aromatic carbocycles. The molecule has 2 atom stereocenters. The minimum atomic E-state index is -1.25. The van der Waals surface area contributed by atoms with Crippen LogP contribution in [0.3, 0.4) is 0 Å². The lowest BCUT2D eigenvalue weighted by molar-refractivity contribution is -0.292. The van der Waals surface area contributed by atoms with Crippen LogP contribution in [0.25, 0.3) is 0 Å². The smallest absolute Gasteiger partial charge is 0.218 e. The van der Waals surface area contributed by atoms with Crippen LogP contribution in [0.15, 0.2) is 0 Å². The van der Waals surface area contributed by atoms with Gasteiger partial charge in [0.15, 0.2) is 0 Å². The molecule has 2 N–H and O–H groups in total. The first-order valence-electron chi connectivity index (χ1n) is 4.69. The lowest BCUT2D eigenvalue weighted by Crippen LogP contribution is -2.49. The van der Waals surface area contributed by atoms with Crippen molar-refractivity contribution >= 4 is 0 Å². The Morgan fingerprint density at radius 1 is 1.31 bits per heavy atom. The van der Waals surface area contributed by atoms with Gasteiger partial charge in [0.1, 0.15) is 6.10 Å². The quantitative estimate of drug-likeness (QED) is 0.577. The van der Waals surface area contributed by atoms with E-state index in [2.05, 4.69) is 0 Å². The number of aliphatic hydroxyl groups is 2. The summed E-state index contributed by atoms with van der Waals surface area (Å²) in [4.78, 5) is 0. The molecular formula is C9H20O4. The van der Waals surface area contributed by atoms with Crippen LogP contribution in [-0.2, 0) is 9.47 Å². The molecule has 0 aliphatic rings. The molecule has 0 radical (unpaired) electrons. The maximum Gasteiger partial charge on any atom is 0.218 e. The Balaban J connectivity index is 4.26. The lowest BCUT2D eigenvalue weighted by atomic mass is 10.2. The Bertz CT molecular complexity index is 127. The van der Waals surface area contributed by atoms with Crippen LogP contribution in [-0.4, -0.2) is 41.9 Å². The van der Waals surface area contributed by atoms with E-state index in [-0.39, 0.29) is 6.61 Å². The van der Waals surface area contributed by atoms with E-state index >= 15 is 0 Å². The Hall–Kier alpha value is -0.160. The van der Waals surface area contributed by atoms with Crippen molar-refractivity contribution in [1.82, 2.24) is 0 Å². The molecule has 0 aromatic heterocycles. The lowest BCUT2D eigenvalue weighted by Gasteiger charge is -2.34. The highest BCUT2D eigenvalue weighted by molar-refractivity contribution is 4.75. The average Bonchev–Trinajstić information content (AvgIpc) is 2.12. The zero-order chi connectivity index (χ0) is 10.3. The van der Waals surface area contributed by atoms with Crippen molar-refractivity contribution in [1.29, 1.82) is 0 Å². The summed E-state index contributed by atoms with van der Waals surface area (Å²) in [5.74, 6) is -1.25. The van der Waals surface area contributed by atoms with E-state index in [4.69, 9.17) is 14.6 Å². The van der Waals surface area contributed by atoms with E-state index in [1.807, 2.05) is 6.92 Å². The SMILES string of the molecule is CCCOC(CO)(OCC)C(C)O. The van der Waals surface area contributed by atoms with Gasteiger partial charge in [0.2, 0.25) is 5.79 Å². The molecule has 0 aliphatic heterocycles. The van der Waals surface area contributed by atoms with Crippen LogP contribution in [0.1, 0.15) is 27.2 Å². The molecule has 0 heterocycles. The molecule has 0 aliphatic carbocycles. The standard InChI is InChI=1S/C9H20O4/c1-4-6-13-9(7-10,8(3)11)12-5-2/h8,10-11H,4-7H2,1-3H3. The monoisotopic (exact) mass is 192 g/mol. The highest BCUT2D eigenvalue weighted by atomic mass is 16.7. The molecule has 0 aromatic rings. The second-order valence-corrected chi connectivity index (χ2v) is 2.93. The van der Waals surface area contributed by atoms with E-state index in [9.17, 15) is 5.11 Å². The van der Waals surface area contributed by atoms with Crippen LogP contribution in [0, 0.1) is 0 Å². The van der Waals surface area contributed by atoms with Gasteiger partial charge in [-0.1, -0.05) is 6.92 Å². The predicted molar refractivity (Wildman–Crippen MR) is 49.4 cm³/mol. The third-order valence-electron chi connectivity index (χ3n) is 1.80. The zero-order valence-corrected chi connectivity index (χ0v) is 8.62. The first kappa shape index (κ1) is 12.8. The zero-order valence-electron chi connectivity index (χ0n) is 8.62. The number of aliphatic hydroxyl groups excluding tert-OH is 2. The van der Waals surface area contributed by atoms with E-state index in [1.54, 1.807) is 13.8 Å². The molecular weight excluding hydrogens is 172 g/mol. The molecule has 0 fully saturated rings. The number of hydrogen-bond acceptors (Lipinski definition) is 4. The maximum atomic E-state index is 9.41. The minimum absolute atomic E-state index is 0.335. The normalized spacial score (nSPS) is 18.2. The summed E-state index contributed by atoms with van der Waals surface area (Å²) < 4.78 is 10.5. The molecule has 0 rings (SSSR count). The molecule has 13 heavy (non-hydrogen) atoms. The van der Waals surface area contributed by atoms with Gasteiger partial charge in [-0.05, 0) is 20.3 Å². The van der Waals surface area contributed by atoms with Gasteiger partial charge in [-0.25, -0.2) is 0 Å². The van der Waals surface area contributed by atoms with E-state index in [0.29, 0.717) is 13.2 Å². The molecule has 0 amide bonds. The highest BCUT2D eigenvalue weighted by Crippen LogP contribution is 2.18. The van der Waals surface area contributed by atoms with Crippen molar-refractivity contribution in [2.45, 2.75) is 39.1 Å². The fraction of sp³-hybridized carbons (Fsp3) is 1.00. The average molecular weight is 192 g/mol. The Morgan fingerprint density at radius 3 is 2.23 bits per heavy atom. The summed E-state index contributed by atoms with van der Waals surface area (Å²) in [5, 5.41) is 18.5. The minimum Gasteiger partial charge on any atom is -0.391 e. The summed E-state index contributed by atoms with van der Waals surface area (Å²) in [5.41, 5.74) is 0. The van der Waals surface area contributed by atoms with Gasteiger partial charge >= 0.3 is 0 Å². The van der Waals surface area contributed by atoms with E-state index in [0.717, 1.165) is 6.42 Å². The number of hydrogen-bond donors (Lipinski definition) is 2. The van der Waals surface area contributed by atoms with Crippen LogP contribution < -0.4 is 0 Å². The first-order valence-corrected chi connectivity index (χ1v) is 4.69. The van der Waals surface area contributed by atoms with Gasteiger partial charge in [-0.15, -0.1) is 0 Å². The van der Waals surface area contributed by atoms with Crippen LogP contribution in [0.5, 0.6) is 0 Å². The van der Waals surface area contributed by atoms with Crippen molar-refractivity contribution in [3.05, 3.63) is 0 Å². The molecule has 80 valence electrons. The fourth-order valence-corrected chi connectivity index (χ4v) is 1.03. The topological polar surface area (TPSA) is 58.9 Å². The predicted octanol–water partition coefficient (Wildman–Crippen LogP) is 0.519. The molecule has 0 saturated heterocycles. The number of rotatable bonds is 7. The third kappa shape index (κ3) is 3.60. The Labute approximate surface area is 79.5 Å². The molecule has 0 spiro atoms. The Morgan fingerprint density at radius 2 is 1.92 bits per heavy atom. The molecule has 4 heteroatoms. The second-order valence-electron chi connectivity index (χ2n) is 2.93. The van der Waals surface area contributed by atoms with Crippen LogP contribution in [0.2, 0.25) is 0 Å². The van der Waals surface area contributed by atoms with Crippen molar-refractivity contribution < 1.29 is 19.7 Å². The van der Waals surface area contributed by atoms with Gasteiger partial charge in [-0.3, -0.25) is 0 Å². The highest BCUT2D eigenvalue weighted by Gasteiger charge is 2.36. The molecule has 0 bridgehead atoms. The summed E-state index contributed by atoms with van der Waals surface area (Å²) in [6, 6.07) is 0. The van der Waals surface area contributed by atoms with Crippen molar-refractivity contribution in [3.8, 4) is 0 Å². The van der Waals surface area contributed by atoms with Gasteiger partial charge in [0, 0.05) is 13.2 Å². The fourth-order valence-electron chi connectivity index (χ4n) is 1.03. The molecule has 2 unspecified atom stereocenters.